The van der Waals surface area contributed by atoms with Gasteiger partial charge in [0.05, 0.1) is 0 Å². The minimum atomic E-state index is -0.949. The van der Waals surface area contributed by atoms with Gasteiger partial charge in [0.2, 0.25) is 0 Å². The molecule has 1 heterocycles. The van der Waals surface area contributed by atoms with E-state index < -0.39 is 6.09 Å². The molecule has 6 nitrogen and oxygen atoms in total. The molecule has 2 aromatic rings. The summed E-state index contributed by atoms with van der Waals surface area (Å²) in [4.78, 5) is 14.6. The van der Waals surface area contributed by atoms with Gasteiger partial charge in [-0.2, -0.15) is 0 Å². The molecule has 3 rings (SSSR count). The molecule has 0 atom stereocenters. The van der Waals surface area contributed by atoms with E-state index in [4.69, 9.17) is 5.11 Å². The number of carbonyl (C=O) groups is 1. The molecule has 26 heavy (non-hydrogen) atoms. The minimum absolute atomic E-state index is 0.301. The number of benzene rings is 1. The Kier molecular flexibility index (Phi) is 6.07. The number of hydrogen-bond donors (Lipinski definition) is 4. The standard InChI is InChI=1S/C20H25N3O3/c24-19-6-3-16(15-7-9-21-10-8-15)11-17(19)13-22-18-4-1-14(2-5-18)12-23-20(25)26/h3,6-11,14,18,22-24H,1-2,4-5,12-13H2,(H,25,26). The molecule has 6 heteroatoms. The van der Waals surface area contributed by atoms with Crippen LogP contribution in [0.4, 0.5) is 4.79 Å². The average molecular weight is 355 g/mol. The van der Waals surface area contributed by atoms with E-state index in [1.165, 1.54) is 0 Å². The number of nitrogens with one attached hydrogen (secondary N) is 2. The van der Waals surface area contributed by atoms with Crippen LogP contribution in [0.5, 0.6) is 5.75 Å². The van der Waals surface area contributed by atoms with Crippen molar-refractivity contribution in [2.45, 2.75) is 38.3 Å². The number of amides is 1. The van der Waals surface area contributed by atoms with E-state index in [0.29, 0.717) is 30.8 Å². The Bertz CT molecular complexity index is 728. The van der Waals surface area contributed by atoms with E-state index >= 15 is 0 Å². The molecule has 1 saturated carbocycles. The smallest absolute Gasteiger partial charge is 0.404 e. The van der Waals surface area contributed by atoms with Crippen molar-refractivity contribution in [2.75, 3.05) is 6.54 Å². The summed E-state index contributed by atoms with van der Waals surface area (Å²) in [5.74, 6) is 0.724. The Hall–Kier alpha value is -2.60. The Labute approximate surface area is 153 Å². The second kappa shape index (κ2) is 8.67. The first-order valence-electron chi connectivity index (χ1n) is 9.04. The summed E-state index contributed by atoms with van der Waals surface area (Å²) in [6.07, 6.45) is 6.65. The van der Waals surface area contributed by atoms with Crippen LogP contribution in [0.25, 0.3) is 11.1 Å². The molecule has 1 amide bonds. The van der Waals surface area contributed by atoms with Crippen molar-refractivity contribution in [3.63, 3.8) is 0 Å². The van der Waals surface area contributed by atoms with Gasteiger partial charge in [0.25, 0.3) is 0 Å². The third-order valence-electron chi connectivity index (χ3n) is 5.06. The molecule has 1 aliphatic rings. The number of aromatic hydroxyl groups is 1. The van der Waals surface area contributed by atoms with Crippen molar-refractivity contribution >= 4 is 6.09 Å². The van der Waals surface area contributed by atoms with Gasteiger partial charge in [-0.25, -0.2) is 4.79 Å². The Balaban J connectivity index is 1.53. The van der Waals surface area contributed by atoms with E-state index in [1.54, 1.807) is 18.5 Å². The van der Waals surface area contributed by atoms with Crippen LogP contribution in [0.2, 0.25) is 0 Å². The number of carboxylic acid groups (broad SMARTS) is 1. The third-order valence-corrected chi connectivity index (χ3v) is 5.06. The lowest BCUT2D eigenvalue weighted by Gasteiger charge is -2.29. The zero-order chi connectivity index (χ0) is 18.4. The van der Waals surface area contributed by atoms with Crippen molar-refractivity contribution in [1.29, 1.82) is 0 Å². The summed E-state index contributed by atoms with van der Waals surface area (Å²) in [5.41, 5.74) is 3.02. The number of phenols is 1. The van der Waals surface area contributed by atoms with Gasteiger partial charge >= 0.3 is 6.09 Å². The molecule has 0 radical (unpaired) electrons. The summed E-state index contributed by atoms with van der Waals surface area (Å²) in [5, 5.41) is 24.9. The normalized spacial score (nSPS) is 19.8. The van der Waals surface area contributed by atoms with Crippen molar-refractivity contribution in [3.05, 3.63) is 48.3 Å². The Morgan fingerprint density at radius 1 is 1.08 bits per heavy atom. The zero-order valence-electron chi connectivity index (χ0n) is 14.7. The molecule has 0 unspecified atom stereocenters. The quantitative estimate of drug-likeness (QED) is 0.637. The van der Waals surface area contributed by atoms with Gasteiger partial charge in [-0.15, -0.1) is 0 Å². The second-order valence-corrected chi connectivity index (χ2v) is 6.86. The minimum Gasteiger partial charge on any atom is -0.508 e. The van der Waals surface area contributed by atoms with Crippen molar-refractivity contribution in [3.8, 4) is 16.9 Å². The highest BCUT2D eigenvalue weighted by Crippen LogP contribution is 2.27. The highest BCUT2D eigenvalue weighted by molar-refractivity contribution is 5.65. The lowest BCUT2D eigenvalue weighted by Crippen LogP contribution is -2.36. The first-order chi connectivity index (χ1) is 12.6. The van der Waals surface area contributed by atoms with E-state index in [0.717, 1.165) is 42.4 Å². The zero-order valence-corrected chi connectivity index (χ0v) is 14.7. The second-order valence-electron chi connectivity index (χ2n) is 6.86. The fourth-order valence-electron chi connectivity index (χ4n) is 3.51. The first-order valence-corrected chi connectivity index (χ1v) is 9.04. The summed E-state index contributed by atoms with van der Waals surface area (Å²) in [6, 6.07) is 9.97. The van der Waals surface area contributed by atoms with Crippen LogP contribution in [0, 0.1) is 5.92 Å². The van der Waals surface area contributed by atoms with E-state index in [9.17, 15) is 9.90 Å². The van der Waals surface area contributed by atoms with Crippen LogP contribution in [0.15, 0.2) is 42.7 Å². The molecule has 1 aliphatic carbocycles. The van der Waals surface area contributed by atoms with Gasteiger partial charge < -0.3 is 20.8 Å². The van der Waals surface area contributed by atoms with Gasteiger partial charge in [-0.05, 0) is 67.0 Å². The number of aromatic nitrogens is 1. The van der Waals surface area contributed by atoms with Gasteiger partial charge in [0, 0.05) is 37.1 Å². The maximum atomic E-state index is 10.6. The van der Waals surface area contributed by atoms with E-state index in [-0.39, 0.29) is 0 Å². The average Bonchev–Trinajstić information content (AvgIpc) is 2.67. The number of hydrogen-bond acceptors (Lipinski definition) is 4. The fraction of sp³-hybridized carbons (Fsp3) is 0.400. The molecule has 1 aromatic heterocycles. The van der Waals surface area contributed by atoms with Crippen molar-refractivity contribution in [1.82, 2.24) is 15.6 Å². The van der Waals surface area contributed by atoms with Gasteiger partial charge in [0.1, 0.15) is 5.75 Å². The molecule has 1 fully saturated rings. The summed E-state index contributed by atoms with van der Waals surface area (Å²) >= 11 is 0. The fourth-order valence-corrected chi connectivity index (χ4v) is 3.51. The van der Waals surface area contributed by atoms with Crippen LogP contribution in [-0.2, 0) is 6.54 Å². The van der Waals surface area contributed by atoms with Crippen molar-refractivity contribution in [2.24, 2.45) is 5.92 Å². The Morgan fingerprint density at radius 3 is 2.50 bits per heavy atom. The lowest BCUT2D eigenvalue weighted by atomic mass is 9.86. The molecule has 0 spiro atoms. The summed E-state index contributed by atoms with van der Waals surface area (Å²) in [6.45, 7) is 1.16. The van der Waals surface area contributed by atoms with Crippen LogP contribution in [0.3, 0.4) is 0 Å². The van der Waals surface area contributed by atoms with Crippen LogP contribution < -0.4 is 10.6 Å². The number of pyridine rings is 1. The van der Waals surface area contributed by atoms with E-state index in [2.05, 4.69) is 15.6 Å². The monoisotopic (exact) mass is 355 g/mol. The molecule has 1 aromatic carbocycles. The van der Waals surface area contributed by atoms with Crippen LogP contribution in [0.1, 0.15) is 31.2 Å². The molecule has 138 valence electrons. The molecule has 0 aliphatic heterocycles. The largest absolute Gasteiger partial charge is 0.508 e. The maximum absolute atomic E-state index is 10.6. The third kappa shape index (κ3) is 4.95. The summed E-state index contributed by atoms with van der Waals surface area (Å²) < 4.78 is 0. The Morgan fingerprint density at radius 2 is 1.81 bits per heavy atom. The van der Waals surface area contributed by atoms with Gasteiger partial charge in [-0.1, -0.05) is 6.07 Å². The number of nitrogens with zero attached hydrogens (tertiary/aromatic N) is 1. The van der Waals surface area contributed by atoms with Gasteiger partial charge in [0.15, 0.2) is 0 Å². The first kappa shape index (κ1) is 18.2. The predicted octanol–water partition coefficient (Wildman–Crippen LogP) is 3.37. The van der Waals surface area contributed by atoms with Crippen LogP contribution >= 0.6 is 0 Å². The SMILES string of the molecule is O=C(O)NCC1CCC(NCc2cc(-c3ccncc3)ccc2O)CC1. The molecular weight excluding hydrogens is 330 g/mol. The topological polar surface area (TPSA) is 94.5 Å². The lowest BCUT2D eigenvalue weighted by molar-refractivity contribution is 0.189. The number of rotatable bonds is 6. The predicted molar refractivity (Wildman–Crippen MR) is 100.0 cm³/mol. The van der Waals surface area contributed by atoms with Crippen LogP contribution in [-0.4, -0.2) is 33.9 Å². The molecule has 0 saturated heterocycles. The van der Waals surface area contributed by atoms with E-state index in [1.807, 2.05) is 24.3 Å². The van der Waals surface area contributed by atoms with Gasteiger partial charge in [-0.3, -0.25) is 4.98 Å². The molecule has 0 bridgehead atoms. The summed E-state index contributed by atoms with van der Waals surface area (Å²) in [7, 11) is 0. The van der Waals surface area contributed by atoms with Crippen molar-refractivity contribution < 1.29 is 15.0 Å². The molecule has 4 N–H and O–H groups in total. The highest BCUT2D eigenvalue weighted by atomic mass is 16.4. The maximum Gasteiger partial charge on any atom is 0.404 e. The number of phenolic OH excluding ortho intramolecular Hbond substituents is 1. The molecular formula is C20H25N3O3. The highest BCUT2D eigenvalue weighted by Gasteiger charge is 2.21.